The van der Waals surface area contributed by atoms with E-state index in [1.807, 2.05) is 27.7 Å². The van der Waals surface area contributed by atoms with Crippen molar-refractivity contribution in [3.8, 4) is 0 Å². The van der Waals surface area contributed by atoms with Gasteiger partial charge < -0.3 is 34.1 Å². The van der Waals surface area contributed by atoms with Crippen LogP contribution in [0.15, 0.2) is 33.9 Å². The minimum atomic E-state index is -5.06. The molecule has 4 saturated heterocycles. The topological polar surface area (TPSA) is 172 Å². The molecule has 11 nitrogen and oxygen atoms in total. The van der Waals surface area contributed by atoms with Gasteiger partial charge in [-0.25, -0.2) is 8.42 Å². The molecule has 12 aliphatic rings. The van der Waals surface area contributed by atoms with Crippen LogP contribution in [-0.2, 0) is 33.6 Å². The van der Waals surface area contributed by atoms with E-state index in [0.29, 0.717) is 42.4 Å². The van der Waals surface area contributed by atoms with E-state index in [0.717, 1.165) is 70.6 Å². The molecule has 71 heavy (non-hydrogen) atoms. The molecule has 13 heteroatoms. The first-order valence-electron chi connectivity index (χ1n) is 27.8. The Balaban J connectivity index is 0.00000582. The predicted octanol–water partition coefficient (Wildman–Crippen LogP) is 7.08. The summed E-state index contributed by atoms with van der Waals surface area (Å²) in [5.41, 5.74) is 3.56. The smallest absolute Gasteiger partial charge is 0.726 e. The fraction of sp³-hybridized carbons (Fsp3) is 0.879. The van der Waals surface area contributed by atoms with E-state index in [9.17, 15) is 33.1 Å². The Kier molecular flexibility index (Phi) is 12.9. The number of allylic oxidation sites excluding steroid dienone is 4. The fourth-order valence-corrected chi connectivity index (χ4v) is 21.5. The van der Waals surface area contributed by atoms with Crippen molar-refractivity contribution in [3.63, 3.8) is 0 Å². The standard InChI is InChI=1S/C58H88O11S.Na/c1-31(36-15-17-38-34-14-19-45-50(3,4)49(61)42(59)28-55(45,11)40(34)21-23-53(36,38)9)13-20-47-56(12)27-33(52(7,8)69-56)25-43(67-47)32(2)37-16-18-39-35-26-44(68-70(63,64)65)48-51(5,6)58(62)46(60)29-57(48,30-66-58)41(35)22-24-54(37,39)10;/h19,31-33,36-39,42-44,46-48,59-60,62H,13-18,20-30H2,1-12H3,(H,63,64,65);/q;+1/p-1/t31-,32+,33-,36-,37-,38+,39+,42+,43-,44+,46+,47+,48?,53-,54-,55-,56-,57+,58-;/m1./s1. The molecule has 392 valence electrons. The fourth-order valence-electron chi connectivity index (χ4n) is 21.0. The first kappa shape index (κ1) is 53.9. The van der Waals surface area contributed by atoms with Crippen LogP contribution < -0.4 is 29.6 Å². The van der Waals surface area contributed by atoms with Crippen molar-refractivity contribution < 1.29 is 81.0 Å². The molecule has 4 bridgehead atoms. The maximum absolute atomic E-state index is 13.2. The van der Waals surface area contributed by atoms with Gasteiger partial charge in [-0.15, -0.1) is 0 Å². The SMILES string of the molecule is C[C@@H]([C@H]1CC[C@H]2C3=C(CC[C@]12C)[C@@]12CO[C@](O)([C@@H](O)C1)C(C)(C)C2[C@@H](OS(=O)(=O)[O-])C3)[C@H]1C[C@@H]2C[C@@](C)(OC2(C)C)[C@H](CC[C@@H](C)[C@H]2CC[C@H]3C4=C(CC[C@]23C)[C@@]2(C)C[C@H](O)C(=O)C(C)(C)C2=CC4)O1.[Na+]. The van der Waals surface area contributed by atoms with Crippen LogP contribution in [0.25, 0.3) is 0 Å². The molecular formula is C58H87NaO11S. The summed E-state index contributed by atoms with van der Waals surface area (Å²) in [6.07, 6.45) is 13.7. The summed E-state index contributed by atoms with van der Waals surface area (Å²) in [7, 11) is -5.06. The van der Waals surface area contributed by atoms with E-state index in [1.54, 1.807) is 5.57 Å². The summed E-state index contributed by atoms with van der Waals surface area (Å²) in [6, 6.07) is 0. The van der Waals surface area contributed by atoms with Crippen LogP contribution in [0, 0.1) is 79.8 Å². The number of ether oxygens (including phenoxy) is 3. The molecule has 0 aromatic rings. The Hall–Kier alpha value is -0.480. The van der Waals surface area contributed by atoms with Gasteiger partial charge in [-0.2, -0.15) is 0 Å². The number of fused-ring (bicyclic) bond motifs is 10. The number of aliphatic hydroxyl groups excluding tert-OH is 2. The summed E-state index contributed by atoms with van der Waals surface area (Å²) in [5.74, 6) is 0.389. The average Bonchev–Trinajstić information content (AvgIpc) is 3.84. The zero-order chi connectivity index (χ0) is 50.5. The number of rotatable bonds is 8. The van der Waals surface area contributed by atoms with Crippen LogP contribution in [-0.4, -0.2) is 88.2 Å². The predicted molar refractivity (Wildman–Crippen MR) is 264 cm³/mol. The molecule has 0 aromatic heterocycles. The molecule has 3 N–H and O–H groups in total. The third-order valence-electron chi connectivity index (χ3n) is 24.2. The van der Waals surface area contributed by atoms with Crippen LogP contribution >= 0.6 is 0 Å². The number of hydrogen-bond acceptors (Lipinski definition) is 11. The molecule has 0 radical (unpaired) electrons. The summed E-state index contributed by atoms with van der Waals surface area (Å²) in [6.45, 7) is 27.0. The summed E-state index contributed by atoms with van der Waals surface area (Å²) < 4.78 is 63.8. The van der Waals surface area contributed by atoms with Gasteiger partial charge in [-0.05, 0) is 190 Å². The molecule has 4 saturated carbocycles. The van der Waals surface area contributed by atoms with Crippen LogP contribution in [0.5, 0.6) is 0 Å². The van der Waals surface area contributed by atoms with E-state index in [2.05, 4.69) is 61.5 Å². The van der Waals surface area contributed by atoms with Crippen LogP contribution in [0.2, 0.25) is 0 Å². The van der Waals surface area contributed by atoms with Gasteiger partial charge in [-0.1, -0.05) is 82.4 Å². The number of carbonyl (C=O) groups excluding carboxylic acids is 1. The number of aliphatic hydroxyl groups is 3. The molecule has 8 aliphatic carbocycles. The van der Waals surface area contributed by atoms with Gasteiger partial charge >= 0.3 is 29.6 Å². The first-order valence-corrected chi connectivity index (χ1v) is 29.1. The van der Waals surface area contributed by atoms with E-state index in [4.69, 9.17) is 18.4 Å². The Bertz CT molecular complexity index is 2430. The summed E-state index contributed by atoms with van der Waals surface area (Å²) >= 11 is 0. The van der Waals surface area contributed by atoms with Crippen molar-refractivity contribution in [1.82, 2.24) is 0 Å². The number of carbonyl (C=O) groups is 1. The average molecular weight is 1020 g/mol. The molecule has 19 atom stereocenters. The largest absolute Gasteiger partial charge is 1.00 e. The normalized spacial score (nSPS) is 49.8. The van der Waals surface area contributed by atoms with Crippen molar-refractivity contribution in [3.05, 3.63) is 33.9 Å². The first-order chi connectivity index (χ1) is 32.4. The van der Waals surface area contributed by atoms with Gasteiger partial charge in [0.1, 0.15) is 12.2 Å². The molecule has 1 unspecified atom stereocenters. The molecule has 4 heterocycles. The molecule has 0 aromatic carbocycles. The summed E-state index contributed by atoms with van der Waals surface area (Å²) in [5, 5.41) is 34.3. The Morgan fingerprint density at radius 2 is 1.49 bits per heavy atom. The van der Waals surface area contributed by atoms with Crippen LogP contribution in [0.4, 0.5) is 0 Å². The quantitative estimate of drug-likeness (QED) is 0.0983. The minimum Gasteiger partial charge on any atom is -0.726 e. The monoisotopic (exact) mass is 1010 g/mol. The van der Waals surface area contributed by atoms with E-state index >= 15 is 0 Å². The van der Waals surface area contributed by atoms with E-state index in [1.165, 1.54) is 35.1 Å². The van der Waals surface area contributed by atoms with Crippen LogP contribution in [0.1, 0.15) is 186 Å². The molecule has 4 aliphatic heterocycles. The second kappa shape index (κ2) is 17.0. The van der Waals surface area contributed by atoms with Gasteiger partial charge in [0, 0.05) is 27.6 Å². The second-order valence-corrected chi connectivity index (χ2v) is 29.4. The Labute approximate surface area is 448 Å². The molecule has 0 amide bonds. The van der Waals surface area contributed by atoms with Crippen LogP contribution in [0.3, 0.4) is 0 Å². The van der Waals surface area contributed by atoms with E-state index < -0.39 is 56.7 Å². The second-order valence-electron chi connectivity index (χ2n) is 28.4. The maximum atomic E-state index is 13.2. The molecule has 12 rings (SSSR count). The Morgan fingerprint density at radius 1 is 0.859 bits per heavy atom. The molecule has 1 spiro atoms. The number of Topliss-reactive ketones (excluding diaryl/α,β-unsaturated/α-hetero) is 1. The minimum absolute atomic E-state index is 0. The van der Waals surface area contributed by atoms with E-state index in [-0.39, 0.29) is 99.9 Å². The van der Waals surface area contributed by atoms with Gasteiger partial charge in [-0.3, -0.25) is 8.98 Å². The zero-order valence-corrected chi connectivity index (χ0v) is 48.4. The van der Waals surface area contributed by atoms with Crippen molar-refractivity contribution >= 4 is 16.2 Å². The van der Waals surface area contributed by atoms with Gasteiger partial charge in [0.15, 0.2) is 11.6 Å². The number of ketones is 1. The van der Waals surface area contributed by atoms with Crippen molar-refractivity contribution in [2.45, 2.75) is 233 Å². The van der Waals surface area contributed by atoms with Crippen molar-refractivity contribution in [2.24, 2.45) is 79.8 Å². The van der Waals surface area contributed by atoms with Gasteiger partial charge in [0.25, 0.3) is 0 Å². The third-order valence-corrected chi connectivity index (χ3v) is 24.7. The Morgan fingerprint density at radius 3 is 2.15 bits per heavy atom. The number of hydrogen-bond donors (Lipinski definition) is 3. The maximum Gasteiger partial charge on any atom is 1.00 e. The third kappa shape index (κ3) is 7.50. The molecular weight excluding hydrogens is 928 g/mol. The van der Waals surface area contributed by atoms with Crippen molar-refractivity contribution in [2.75, 3.05) is 6.61 Å². The molecule has 8 fully saturated rings. The van der Waals surface area contributed by atoms with Gasteiger partial charge in [0.05, 0.1) is 36.1 Å². The van der Waals surface area contributed by atoms with Crippen molar-refractivity contribution in [1.29, 1.82) is 0 Å². The summed E-state index contributed by atoms with van der Waals surface area (Å²) in [4.78, 5) is 13.2. The van der Waals surface area contributed by atoms with Gasteiger partial charge in [0.2, 0.25) is 10.4 Å². The zero-order valence-electron chi connectivity index (χ0n) is 45.6.